The summed E-state index contributed by atoms with van der Waals surface area (Å²) in [6.45, 7) is 9.08. The molecule has 0 atom stereocenters. The van der Waals surface area contributed by atoms with Gasteiger partial charge in [-0.2, -0.15) is 0 Å². The Hall–Kier alpha value is -2.82. The Balaban J connectivity index is 3.02. The Kier molecular flexibility index (Phi) is 6.47. The highest BCUT2D eigenvalue weighted by molar-refractivity contribution is 6.12. The molecule has 0 aliphatic carbocycles. The first-order valence-corrected chi connectivity index (χ1v) is 6.30. The first-order valence-electron chi connectivity index (χ1n) is 6.30. The van der Waals surface area contributed by atoms with E-state index in [1.807, 2.05) is 6.92 Å². The average molecular weight is 282 g/mol. The molecule has 0 aromatic carbocycles. The highest BCUT2D eigenvalue weighted by Gasteiger charge is 2.11. The molecule has 0 aliphatic heterocycles. The molecule has 108 valence electrons. The molecule has 0 aliphatic rings. The summed E-state index contributed by atoms with van der Waals surface area (Å²) >= 11 is 0. The summed E-state index contributed by atoms with van der Waals surface area (Å²) in [7, 11) is 1.60. The average Bonchev–Trinajstić information content (AvgIpc) is 2.52. The molecular formula is C16H18N4O. The normalized spacial score (nSPS) is 12.3. The predicted octanol–water partition coefficient (Wildman–Crippen LogP) is 2.86. The van der Waals surface area contributed by atoms with E-state index in [0.29, 0.717) is 17.1 Å². The molecule has 0 saturated heterocycles. The number of nitrogens with zero attached hydrogens (tertiary/aromatic N) is 3. The minimum Gasteiger partial charge on any atom is -0.307 e. The minimum absolute atomic E-state index is 0.303. The van der Waals surface area contributed by atoms with Crippen LogP contribution < -0.4 is 5.32 Å². The van der Waals surface area contributed by atoms with Crippen molar-refractivity contribution >= 4 is 23.6 Å². The first-order chi connectivity index (χ1) is 10.1. The van der Waals surface area contributed by atoms with Crippen molar-refractivity contribution in [3.8, 4) is 0 Å². The summed E-state index contributed by atoms with van der Waals surface area (Å²) in [5.41, 5.74) is 1.78. The smallest absolute Gasteiger partial charge is 0.259 e. The second-order valence-corrected chi connectivity index (χ2v) is 4.06. The number of hydrogen-bond donors (Lipinski definition) is 1. The fourth-order valence-electron chi connectivity index (χ4n) is 1.43. The van der Waals surface area contributed by atoms with Crippen molar-refractivity contribution in [1.29, 1.82) is 0 Å². The number of hydrogen-bond acceptors (Lipinski definition) is 4. The third-order valence-electron chi connectivity index (χ3n) is 2.53. The number of carbonyl (C=O) groups excluding carboxylic acids is 1. The van der Waals surface area contributed by atoms with E-state index in [1.165, 1.54) is 24.7 Å². The largest absolute Gasteiger partial charge is 0.307 e. The lowest BCUT2D eigenvalue weighted by Crippen LogP contribution is -2.29. The van der Waals surface area contributed by atoms with E-state index in [9.17, 15) is 4.79 Å². The van der Waals surface area contributed by atoms with Crippen LogP contribution in [0.25, 0.3) is 0 Å². The van der Waals surface area contributed by atoms with Gasteiger partial charge in [-0.3, -0.25) is 19.8 Å². The Morgan fingerprint density at radius 1 is 1.43 bits per heavy atom. The molecule has 1 N–H and O–H groups in total. The van der Waals surface area contributed by atoms with Gasteiger partial charge in [0, 0.05) is 19.5 Å². The zero-order valence-corrected chi connectivity index (χ0v) is 12.2. The van der Waals surface area contributed by atoms with Crippen molar-refractivity contribution in [3.05, 3.63) is 61.0 Å². The molecule has 0 unspecified atom stereocenters. The molecule has 5 nitrogen and oxygen atoms in total. The molecule has 1 aromatic heterocycles. The van der Waals surface area contributed by atoms with Gasteiger partial charge in [0.05, 0.1) is 17.4 Å². The van der Waals surface area contributed by atoms with Crippen LogP contribution in [0.4, 0.5) is 5.69 Å². The Morgan fingerprint density at radius 3 is 2.81 bits per heavy atom. The maximum Gasteiger partial charge on any atom is 0.259 e. The van der Waals surface area contributed by atoms with Crippen molar-refractivity contribution in [2.45, 2.75) is 6.92 Å². The van der Waals surface area contributed by atoms with Crippen molar-refractivity contribution in [3.63, 3.8) is 0 Å². The van der Waals surface area contributed by atoms with Crippen LogP contribution in [0, 0.1) is 0 Å². The van der Waals surface area contributed by atoms with Gasteiger partial charge < -0.3 is 5.32 Å². The van der Waals surface area contributed by atoms with Gasteiger partial charge in [-0.25, -0.2) is 0 Å². The van der Waals surface area contributed by atoms with Gasteiger partial charge in [0.1, 0.15) is 5.84 Å². The molecule has 1 aromatic rings. The monoisotopic (exact) mass is 282 g/mol. The van der Waals surface area contributed by atoms with Crippen molar-refractivity contribution < 1.29 is 4.79 Å². The second kappa shape index (κ2) is 8.37. The number of amides is 1. The highest BCUT2D eigenvalue weighted by Crippen LogP contribution is 2.16. The standard InChI is InChI=1S/C16H18N4O/c1-5-8-19-14-11-18-9-7-13(14)16(21)20-15(17-4)10-12(3)6-2/h5-11H,1-2H2,3-4H3,(H,17,20,21)/b12-10-,19-8+. The van der Waals surface area contributed by atoms with Crippen LogP contribution in [-0.4, -0.2) is 30.0 Å². The van der Waals surface area contributed by atoms with Gasteiger partial charge in [-0.1, -0.05) is 25.3 Å². The van der Waals surface area contributed by atoms with Crippen molar-refractivity contribution in [2.24, 2.45) is 9.98 Å². The Bertz CT molecular complexity index is 627. The SMILES string of the molecule is C=C/C=N/c1cnccc1C(=O)NC(/C=C(/C)C=C)=N/C. The van der Waals surface area contributed by atoms with E-state index in [1.54, 1.807) is 25.3 Å². The molecule has 5 heteroatoms. The van der Waals surface area contributed by atoms with E-state index in [2.05, 4.69) is 33.4 Å². The van der Waals surface area contributed by atoms with Gasteiger partial charge >= 0.3 is 0 Å². The topological polar surface area (TPSA) is 66.7 Å². The minimum atomic E-state index is -0.303. The third kappa shape index (κ3) is 4.99. The van der Waals surface area contributed by atoms with Crippen LogP contribution in [0.2, 0.25) is 0 Å². The zero-order chi connectivity index (χ0) is 15.7. The molecule has 0 bridgehead atoms. The molecule has 0 fully saturated rings. The summed E-state index contributed by atoms with van der Waals surface area (Å²) in [6, 6.07) is 1.60. The summed E-state index contributed by atoms with van der Waals surface area (Å²) < 4.78 is 0. The molecule has 0 spiro atoms. The van der Waals surface area contributed by atoms with Crippen molar-refractivity contribution in [1.82, 2.24) is 10.3 Å². The van der Waals surface area contributed by atoms with Crippen LogP contribution in [0.1, 0.15) is 17.3 Å². The Morgan fingerprint density at radius 2 is 2.19 bits per heavy atom. The van der Waals surface area contributed by atoms with Gasteiger partial charge in [0.2, 0.25) is 0 Å². The summed E-state index contributed by atoms with van der Waals surface area (Å²) in [4.78, 5) is 24.4. The van der Waals surface area contributed by atoms with Gasteiger partial charge in [0.25, 0.3) is 5.91 Å². The molecule has 0 radical (unpaired) electrons. The lowest BCUT2D eigenvalue weighted by molar-refractivity contribution is 0.0978. The van der Waals surface area contributed by atoms with Crippen LogP contribution in [0.5, 0.6) is 0 Å². The number of rotatable bonds is 5. The van der Waals surface area contributed by atoms with E-state index < -0.39 is 0 Å². The maximum atomic E-state index is 12.3. The fraction of sp³-hybridized carbons (Fsp3) is 0.125. The van der Waals surface area contributed by atoms with Gasteiger partial charge in [-0.05, 0) is 24.6 Å². The third-order valence-corrected chi connectivity index (χ3v) is 2.53. The molecule has 21 heavy (non-hydrogen) atoms. The van der Waals surface area contributed by atoms with Gasteiger partial charge in [0.15, 0.2) is 0 Å². The van der Waals surface area contributed by atoms with Gasteiger partial charge in [-0.15, -0.1) is 0 Å². The number of nitrogens with one attached hydrogen (secondary N) is 1. The van der Waals surface area contributed by atoms with Crippen LogP contribution in [-0.2, 0) is 0 Å². The number of aliphatic imine (C=N–C) groups is 2. The van der Waals surface area contributed by atoms with E-state index in [0.717, 1.165) is 5.57 Å². The number of pyridine rings is 1. The summed E-state index contributed by atoms with van der Waals surface area (Å²) in [6.07, 6.45) is 9.51. The van der Waals surface area contributed by atoms with Crippen LogP contribution in [0.3, 0.4) is 0 Å². The van der Waals surface area contributed by atoms with E-state index in [4.69, 9.17) is 0 Å². The van der Waals surface area contributed by atoms with Crippen LogP contribution >= 0.6 is 0 Å². The molecule has 1 amide bonds. The quantitative estimate of drug-likeness (QED) is 0.512. The fourth-order valence-corrected chi connectivity index (χ4v) is 1.43. The molecule has 1 rings (SSSR count). The number of allylic oxidation sites excluding steroid dienone is 3. The first kappa shape index (κ1) is 16.2. The zero-order valence-electron chi connectivity index (χ0n) is 12.2. The number of carbonyl (C=O) groups is 1. The Labute approximate surface area is 124 Å². The molecule has 0 saturated carbocycles. The molecule has 1 heterocycles. The lowest BCUT2D eigenvalue weighted by Gasteiger charge is -2.07. The second-order valence-electron chi connectivity index (χ2n) is 4.06. The van der Waals surface area contributed by atoms with E-state index >= 15 is 0 Å². The van der Waals surface area contributed by atoms with E-state index in [-0.39, 0.29) is 5.91 Å². The van der Waals surface area contributed by atoms with Crippen molar-refractivity contribution in [2.75, 3.05) is 7.05 Å². The summed E-state index contributed by atoms with van der Waals surface area (Å²) in [5.74, 6) is 0.148. The number of amidine groups is 1. The maximum absolute atomic E-state index is 12.3. The lowest BCUT2D eigenvalue weighted by atomic mass is 10.2. The summed E-state index contributed by atoms with van der Waals surface area (Å²) in [5, 5.41) is 2.72. The van der Waals surface area contributed by atoms with Crippen LogP contribution in [0.15, 0.2) is 65.4 Å². The highest BCUT2D eigenvalue weighted by atomic mass is 16.1. The predicted molar refractivity (Wildman–Crippen MR) is 87.4 cm³/mol. The number of aromatic nitrogens is 1. The molecular weight excluding hydrogens is 264 g/mol.